The van der Waals surface area contributed by atoms with Crippen LogP contribution in [0.25, 0.3) is 0 Å². The van der Waals surface area contributed by atoms with Gasteiger partial charge in [0.15, 0.2) is 0 Å². The minimum Gasteiger partial charge on any atom is -0.338 e. The third kappa shape index (κ3) is 3.93. The van der Waals surface area contributed by atoms with Crippen LogP contribution in [0.15, 0.2) is 12.1 Å². The number of carbonyl (C=O) groups is 1. The molecule has 1 amide bonds. The number of nitrogens with zero attached hydrogens (tertiary/aromatic N) is 3. The van der Waals surface area contributed by atoms with E-state index in [1.165, 1.54) is 0 Å². The van der Waals surface area contributed by atoms with Gasteiger partial charge in [-0.05, 0) is 32.9 Å². The number of amides is 1. The number of rotatable bonds is 5. The van der Waals surface area contributed by atoms with Crippen LogP contribution in [0.4, 0.5) is 5.82 Å². The quantitative estimate of drug-likeness (QED) is 0.615. The van der Waals surface area contributed by atoms with E-state index >= 15 is 0 Å². The summed E-state index contributed by atoms with van der Waals surface area (Å²) in [6.07, 6.45) is 0. The van der Waals surface area contributed by atoms with Crippen LogP contribution in [-0.2, 0) is 0 Å². The number of aromatic nitrogens is 1. The van der Waals surface area contributed by atoms with Crippen LogP contribution in [0, 0.1) is 24.2 Å². The van der Waals surface area contributed by atoms with E-state index in [0.29, 0.717) is 30.2 Å². The molecule has 1 unspecified atom stereocenters. The number of nitriles is 1. The second-order valence-electron chi connectivity index (χ2n) is 4.40. The highest BCUT2D eigenvalue weighted by atomic mass is 16.2. The zero-order valence-electron chi connectivity index (χ0n) is 11.5. The second kappa shape index (κ2) is 6.71. The number of nitrogens with two attached hydrogens (primary N) is 1. The molecule has 1 rings (SSSR count). The van der Waals surface area contributed by atoms with Crippen molar-refractivity contribution in [1.82, 2.24) is 9.88 Å². The van der Waals surface area contributed by atoms with E-state index in [-0.39, 0.29) is 11.8 Å². The minimum atomic E-state index is -0.195. The van der Waals surface area contributed by atoms with Gasteiger partial charge >= 0.3 is 0 Å². The fourth-order valence-corrected chi connectivity index (χ4v) is 1.78. The monoisotopic (exact) mass is 261 g/mol. The number of nitrogens with one attached hydrogen (secondary N) is 1. The number of carbonyl (C=O) groups excluding carboxylic acids is 1. The molecule has 1 aromatic heterocycles. The van der Waals surface area contributed by atoms with Crippen molar-refractivity contribution in [2.75, 3.05) is 18.5 Å². The van der Waals surface area contributed by atoms with Gasteiger partial charge in [-0.25, -0.2) is 10.8 Å². The highest BCUT2D eigenvalue weighted by Crippen LogP contribution is 2.13. The first-order valence-electron chi connectivity index (χ1n) is 6.16. The van der Waals surface area contributed by atoms with Gasteiger partial charge in [-0.2, -0.15) is 5.26 Å². The standard InChI is InChI=1S/C13H19N5O/c1-4-18(8-9(2)7-14)13(19)11-5-10(3)16-12(6-11)17-15/h5-6,9H,4,8,15H2,1-3H3,(H,16,17). The van der Waals surface area contributed by atoms with Crippen molar-refractivity contribution in [3.05, 3.63) is 23.4 Å². The fraction of sp³-hybridized carbons (Fsp3) is 0.462. The Morgan fingerprint density at radius 1 is 1.63 bits per heavy atom. The number of aryl methyl sites for hydroxylation is 1. The Morgan fingerprint density at radius 3 is 2.84 bits per heavy atom. The highest BCUT2D eigenvalue weighted by molar-refractivity contribution is 5.95. The summed E-state index contributed by atoms with van der Waals surface area (Å²) in [6.45, 7) is 6.45. The van der Waals surface area contributed by atoms with E-state index in [9.17, 15) is 4.79 Å². The number of pyridine rings is 1. The topological polar surface area (TPSA) is 95.0 Å². The third-order valence-corrected chi connectivity index (χ3v) is 2.73. The molecule has 19 heavy (non-hydrogen) atoms. The molecule has 102 valence electrons. The SMILES string of the molecule is CCN(CC(C)C#N)C(=O)c1cc(C)nc(NN)c1. The molecule has 0 radical (unpaired) electrons. The van der Waals surface area contributed by atoms with Crippen LogP contribution >= 0.6 is 0 Å². The summed E-state index contributed by atoms with van der Waals surface area (Å²) >= 11 is 0. The molecule has 0 aliphatic rings. The summed E-state index contributed by atoms with van der Waals surface area (Å²) in [5.74, 6) is 5.46. The highest BCUT2D eigenvalue weighted by Gasteiger charge is 2.17. The van der Waals surface area contributed by atoms with Crippen molar-refractivity contribution in [1.29, 1.82) is 5.26 Å². The molecule has 0 aliphatic carbocycles. The minimum absolute atomic E-state index is 0.119. The molecule has 0 fully saturated rings. The molecule has 0 spiro atoms. The lowest BCUT2D eigenvalue weighted by Crippen LogP contribution is -2.34. The first kappa shape index (κ1) is 14.9. The number of hydrazine groups is 1. The van der Waals surface area contributed by atoms with Gasteiger partial charge in [-0.3, -0.25) is 4.79 Å². The van der Waals surface area contributed by atoms with Crippen LogP contribution in [0.3, 0.4) is 0 Å². The Morgan fingerprint density at radius 2 is 2.32 bits per heavy atom. The van der Waals surface area contributed by atoms with Crippen LogP contribution < -0.4 is 11.3 Å². The van der Waals surface area contributed by atoms with Crippen molar-refractivity contribution in [3.8, 4) is 6.07 Å². The Labute approximate surface area is 113 Å². The van der Waals surface area contributed by atoms with Gasteiger partial charge in [0.05, 0.1) is 12.0 Å². The normalized spacial score (nSPS) is 11.5. The van der Waals surface area contributed by atoms with E-state index < -0.39 is 0 Å². The summed E-state index contributed by atoms with van der Waals surface area (Å²) in [6, 6.07) is 5.45. The predicted octanol–water partition coefficient (Wildman–Crippen LogP) is 1.30. The van der Waals surface area contributed by atoms with E-state index in [1.807, 2.05) is 6.92 Å². The number of nitrogen functional groups attached to an aromatic ring is 1. The average Bonchev–Trinajstić information content (AvgIpc) is 2.42. The maximum absolute atomic E-state index is 12.4. The predicted molar refractivity (Wildman–Crippen MR) is 73.1 cm³/mol. The molecule has 3 N–H and O–H groups in total. The van der Waals surface area contributed by atoms with Gasteiger partial charge in [0.2, 0.25) is 0 Å². The van der Waals surface area contributed by atoms with E-state index in [4.69, 9.17) is 11.1 Å². The smallest absolute Gasteiger partial charge is 0.254 e. The van der Waals surface area contributed by atoms with Gasteiger partial charge in [-0.15, -0.1) is 0 Å². The van der Waals surface area contributed by atoms with Gasteiger partial charge in [0.25, 0.3) is 5.91 Å². The summed E-state index contributed by atoms with van der Waals surface area (Å²) in [7, 11) is 0. The first-order valence-corrected chi connectivity index (χ1v) is 6.16. The molecule has 1 heterocycles. The fourth-order valence-electron chi connectivity index (χ4n) is 1.78. The number of anilines is 1. The molecule has 0 aromatic carbocycles. The Kier molecular flexibility index (Phi) is 5.27. The van der Waals surface area contributed by atoms with E-state index in [0.717, 1.165) is 0 Å². The molecule has 1 atom stereocenters. The van der Waals surface area contributed by atoms with Crippen molar-refractivity contribution in [3.63, 3.8) is 0 Å². The van der Waals surface area contributed by atoms with Gasteiger partial charge in [-0.1, -0.05) is 0 Å². The van der Waals surface area contributed by atoms with Crippen molar-refractivity contribution >= 4 is 11.7 Å². The van der Waals surface area contributed by atoms with E-state index in [2.05, 4.69) is 16.5 Å². The van der Waals surface area contributed by atoms with Crippen molar-refractivity contribution < 1.29 is 4.79 Å². The molecular weight excluding hydrogens is 242 g/mol. The first-order chi connectivity index (χ1) is 9.01. The average molecular weight is 261 g/mol. The Hall–Kier alpha value is -2.13. The number of hydrogen-bond acceptors (Lipinski definition) is 5. The molecule has 0 bridgehead atoms. The molecule has 6 heteroatoms. The van der Waals surface area contributed by atoms with Crippen molar-refractivity contribution in [2.45, 2.75) is 20.8 Å². The lowest BCUT2D eigenvalue weighted by molar-refractivity contribution is 0.0752. The van der Waals surface area contributed by atoms with Crippen LogP contribution in [-0.4, -0.2) is 28.9 Å². The second-order valence-corrected chi connectivity index (χ2v) is 4.40. The summed E-state index contributed by atoms with van der Waals surface area (Å²) in [5, 5.41) is 8.83. The maximum atomic E-state index is 12.4. The largest absolute Gasteiger partial charge is 0.338 e. The lowest BCUT2D eigenvalue weighted by atomic mass is 10.1. The molecule has 0 saturated heterocycles. The number of hydrogen-bond donors (Lipinski definition) is 2. The lowest BCUT2D eigenvalue weighted by Gasteiger charge is -2.22. The molecule has 0 aliphatic heterocycles. The van der Waals surface area contributed by atoms with Gasteiger partial charge in [0, 0.05) is 24.3 Å². The molecule has 1 aromatic rings. The molecular formula is C13H19N5O. The van der Waals surface area contributed by atoms with Gasteiger partial charge < -0.3 is 10.3 Å². The Balaban J connectivity index is 2.97. The maximum Gasteiger partial charge on any atom is 0.254 e. The van der Waals surface area contributed by atoms with Crippen LogP contribution in [0.5, 0.6) is 0 Å². The zero-order valence-corrected chi connectivity index (χ0v) is 11.5. The summed E-state index contributed by atoms with van der Waals surface area (Å²) in [4.78, 5) is 18.1. The molecule has 6 nitrogen and oxygen atoms in total. The molecule has 0 saturated carbocycles. The summed E-state index contributed by atoms with van der Waals surface area (Å²) in [5.41, 5.74) is 3.67. The van der Waals surface area contributed by atoms with Crippen LogP contribution in [0.1, 0.15) is 29.9 Å². The van der Waals surface area contributed by atoms with Gasteiger partial charge in [0.1, 0.15) is 5.82 Å². The summed E-state index contributed by atoms with van der Waals surface area (Å²) < 4.78 is 0. The van der Waals surface area contributed by atoms with Crippen molar-refractivity contribution in [2.24, 2.45) is 11.8 Å². The third-order valence-electron chi connectivity index (χ3n) is 2.73. The van der Waals surface area contributed by atoms with E-state index in [1.54, 1.807) is 30.9 Å². The Bertz CT molecular complexity index is 494. The zero-order chi connectivity index (χ0) is 14.4. The van der Waals surface area contributed by atoms with Crippen LogP contribution in [0.2, 0.25) is 0 Å².